The van der Waals surface area contributed by atoms with Crippen molar-refractivity contribution in [2.24, 2.45) is 5.16 Å². The number of ether oxygens (including phenoxy) is 1. The van der Waals surface area contributed by atoms with Crippen molar-refractivity contribution in [1.82, 2.24) is 5.32 Å². The monoisotopic (exact) mass is 406 g/mol. The van der Waals surface area contributed by atoms with E-state index < -0.39 is 17.3 Å². The van der Waals surface area contributed by atoms with Gasteiger partial charge in [0.05, 0.1) is 18.4 Å². The van der Waals surface area contributed by atoms with Crippen LogP contribution in [-0.4, -0.2) is 30.9 Å². The molecule has 3 rings (SSSR count). The maximum atomic E-state index is 12.6. The molecule has 0 aliphatic carbocycles. The molecular formula is C21H21F3N2O3. The molecule has 1 N–H and O–H groups in total. The van der Waals surface area contributed by atoms with Crippen LogP contribution < -0.4 is 10.1 Å². The van der Waals surface area contributed by atoms with Crippen molar-refractivity contribution in [3.05, 3.63) is 65.2 Å². The van der Waals surface area contributed by atoms with E-state index in [0.29, 0.717) is 23.4 Å². The van der Waals surface area contributed by atoms with Gasteiger partial charge in [-0.2, -0.15) is 13.2 Å². The van der Waals surface area contributed by atoms with E-state index in [9.17, 15) is 18.0 Å². The Morgan fingerprint density at radius 3 is 2.55 bits per heavy atom. The van der Waals surface area contributed by atoms with Gasteiger partial charge in [0, 0.05) is 18.5 Å². The number of carbonyl (C=O) groups is 1. The van der Waals surface area contributed by atoms with Crippen LogP contribution in [0.25, 0.3) is 0 Å². The lowest BCUT2D eigenvalue weighted by Gasteiger charge is -2.20. The number of carbonyl (C=O) groups excluding carboxylic acids is 1. The molecule has 0 aromatic heterocycles. The normalized spacial score (nSPS) is 18.7. The Hall–Kier alpha value is -3.03. The van der Waals surface area contributed by atoms with Crippen LogP contribution in [0.4, 0.5) is 13.2 Å². The Labute approximate surface area is 166 Å². The number of halogens is 3. The van der Waals surface area contributed by atoms with E-state index in [1.165, 1.54) is 12.1 Å². The van der Waals surface area contributed by atoms with Crippen LogP contribution in [0, 0.1) is 0 Å². The van der Waals surface area contributed by atoms with Crippen LogP contribution in [0.2, 0.25) is 0 Å². The molecule has 1 atom stereocenters. The minimum atomic E-state index is -4.36. The fourth-order valence-electron chi connectivity index (χ4n) is 3.06. The average Bonchev–Trinajstić information content (AvgIpc) is 3.11. The third-order valence-corrected chi connectivity index (χ3v) is 4.74. The summed E-state index contributed by atoms with van der Waals surface area (Å²) in [6.45, 7) is 1.92. The van der Waals surface area contributed by atoms with Gasteiger partial charge >= 0.3 is 6.18 Å². The van der Waals surface area contributed by atoms with Crippen LogP contribution in [0.3, 0.4) is 0 Å². The molecule has 5 nitrogen and oxygen atoms in total. The van der Waals surface area contributed by atoms with E-state index in [1.54, 1.807) is 20.1 Å². The summed E-state index contributed by atoms with van der Waals surface area (Å²) in [6.07, 6.45) is -3.68. The van der Waals surface area contributed by atoms with Gasteiger partial charge in [0.2, 0.25) is 5.60 Å². The standard InChI is InChI=1S/C21H21F3N2O3/c1-20(13-17(26-29-20)16-5-3-4-6-18(16)28-2)19(27)25-12-11-14-7-9-15(10-8-14)21(22,23)24/h3-10H,11-13H2,1-2H3,(H,25,27). The van der Waals surface area contributed by atoms with Crippen molar-refractivity contribution in [3.63, 3.8) is 0 Å². The van der Waals surface area contributed by atoms with Gasteiger partial charge in [0.15, 0.2) is 0 Å². The van der Waals surface area contributed by atoms with Gasteiger partial charge in [-0.05, 0) is 43.2 Å². The lowest BCUT2D eigenvalue weighted by Crippen LogP contribution is -2.45. The predicted octanol–water partition coefficient (Wildman–Crippen LogP) is 3.96. The number of methoxy groups -OCH3 is 1. The van der Waals surface area contributed by atoms with E-state index in [0.717, 1.165) is 17.7 Å². The maximum Gasteiger partial charge on any atom is 0.416 e. The highest BCUT2D eigenvalue weighted by Crippen LogP contribution is 2.31. The third kappa shape index (κ3) is 4.70. The topological polar surface area (TPSA) is 59.9 Å². The number of oxime groups is 1. The van der Waals surface area contributed by atoms with Gasteiger partial charge < -0.3 is 14.9 Å². The molecule has 29 heavy (non-hydrogen) atoms. The molecule has 0 saturated carbocycles. The molecule has 1 aliphatic heterocycles. The van der Waals surface area contributed by atoms with E-state index in [1.807, 2.05) is 18.2 Å². The molecule has 2 aromatic rings. The number of hydrogen-bond acceptors (Lipinski definition) is 4. The summed E-state index contributed by atoms with van der Waals surface area (Å²) in [5.41, 5.74) is 0.218. The Morgan fingerprint density at radius 1 is 1.21 bits per heavy atom. The minimum absolute atomic E-state index is 0.271. The highest BCUT2D eigenvalue weighted by Gasteiger charge is 2.42. The Bertz CT molecular complexity index is 910. The van der Waals surface area contributed by atoms with Crippen molar-refractivity contribution >= 4 is 11.6 Å². The molecule has 8 heteroatoms. The fraction of sp³-hybridized carbons (Fsp3) is 0.333. The number of hydrogen-bond donors (Lipinski definition) is 1. The van der Waals surface area contributed by atoms with E-state index in [4.69, 9.17) is 9.57 Å². The molecule has 0 spiro atoms. The third-order valence-electron chi connectivity index (χ3n) is 4.74. The SMILES string of the molecule is COc1ccccc1C1=NOC(C)(C(=O)NCCc2ccc(C(F)(F)F)cc2)C1. The minimum Gasteiger partial charge on any atom is -0.496 e. The highest BCUT2D eigenvalue weighted by molar-refractivity contribution is 6.07. The number of rotatable bonds is 6. The number of amides is 1. The summed E-state index contributed by atoms with van der Waals surface area (Å²) < 4.78 is 43.1. The summed E-state index contributed by atoms with van der Waals surface area (Å²) >= 11 is 0. The van der Waals surface area contributed by atoms with Gasteiger partial charge in [0.1, 0.15) is 5.75 Å². The first kappa shape index (κ1) is 20.7. The molecule has 1 unspecified atom stereocenters. The van der Waals surface area contributed by atoms with Gasteiger partial charge in [0.25, 0.3) is 5.91 Å². The van der Waals surface area contributed by atoms with Crippen LogP contribution in [-0.2, 0) is 22.2 Å². The van der Waals surface area contributed by atoms with Crippen molar-refractivity contribution < 1.29 is 27.5 Å². The first-order valence-corrected chi connectivity index (χ1v) is 9.06. The summed E-state index contributed by atoms with van der Waals surface area (Å²) in [6, 6.07) is 12.2. The van der Waals surface area contributed by atoms with Crippen molar-refractivity contribution in [1.29, 1.82) is 0 Å². The van der Waals surface area contributed by atoms with Crippen molar-refractivity contribution in [2.45, 2.75) is 31.5 Å². The van der Waals surface area contributed by atoms with Gasteiger partial charge in [-0.1, -0.05) is 29.4 Å². The van der Waals surface area contributed by atoms with Gasteiger partial charge in [-0.3, -0.25) is 4.79 Å². The van der Waals surface area contributed by atoms with Crippen molar-refractivity contribution in [3.8, 4) is 5.75 Å². The molecule has 0 saturated heterocycles. The Balaban J connectivity index is 1.55. The van der Waals surface area contributed by atoms with Crippen LogP contribution in [0.1, 0.15) is 30.0 Å². The largest absolute Gasteiger partial charge is 0.496 e. The van der Waals surface area contributed by atoms with Gasteiger partial charge in [-0.15, -0.1) is 0 Å². The summed E-state index contributed by atoms with van der Waals surface area (Å²) in [5, 5.41) is 6.83. The second kappa shape index (κ2) is 8.14. The Morgan fingerprint density at radius 2 is 1.90 bits per heavy atom. The molecule has 1 aliphatic rings. The highest BCUT2D eigenvalue weighted by atomic mass is 19.4. The first-order valence-electron chi connectivity index (χ1n) is 9.06. The van der Waals surface area contributed by atoms with Crippen LogP contribution in [0.5, 0.6) is 5.75 Å². The molecule has 154 valence electrons. The second-order valence-corrected chi connectivity index (χ2v) is 6.94. The summed E-state index contributed by atoms with van der Waals surface area (Å²) in [7, 11) is 1.56. The quantitative estimate of drug-likeness (QED) is 0.790. The number of nitrogens with one attached hydrogen (secondary N) is 1. The zero-order chi connectivity index (χ0) is 21.1. The van der Waals surface area contributed by atoms with E-state index >= 15 is 0 Å². The van der Waals surface area contributed by atoms with Crippen LogP contribution >= 0.6 is 0 Å². The lowest BCUT2D eigenvalue weighted by atomic mass is 9.94. The number of alkyl halides is 3. The number of nitrogens with zero attached hydrogens (tertiary/aromatic N) is 1. The number of benzene rings is 2. The number of para-hydroxylation sites is 1. The van der Waals surface area contributed by atoms with E-state index in [2.05, 4.69) is 10.5 Å². The fourth-order valence-corrected chi connectivity index (χ4v) is 3.06. The smallest absolute Gasteiger partial charge is 0.416 e. The van der Waals surface area contributed by atoms with Crippen molar-refractivity contribution in [2.75, 3.05) is 13.7 Å². The molecule has 0 bridgehead atoms. The zero-order valence-corrected chi connectivity index (χ0v) is 16.0. The lowest BCUT2D eigenvalue weighted by molar-refractivity contribution is -0.141. The van der Waals surface area contributed by atoms with Crippen LogP contribution in [0.15, 0.2) is 53.7 Å². The predicted molar refractivity (Wildman–Crippen MR) is 102 cm³/mol. The molecule has 2 aromatic carbocycles. The zero-order valence-electron chi connectivity index (χ0n) is 16.0. The summed E-state index contributed by atoms with van der Waals surface area (Å²) in [4.78, 5) is 18.0. The second-order valence-electron chi connectivity index (χ2n) is 6.94. The molecule has 1 heterocycles. The van der Waals surface area contributed by atoms with Gasteiger partial charge in [-0.25, -0.2) is 0 Å². The molecule has 0 radical (unpaired) electrons. The Kier molecular flexibility index (Phi) is 5.81. The maximum absolute atomic E-state index is 12.6. The van der Waals surface area contributed by atoms with E-state index in [-0.39, 0.29) is 18.9 Å². The molecular weight excluding hydrogens is 385 g/mol. The first-order chi connectivity index (χ1) is 13.7. The molecule has 0 fully saturated rings. The average molecular weight is 406 g/mol. The molecule has 1 amide bonds. The summed E-state index contributed by atoms with van der Waals surface area (Å²) in [5.74, 6) is 0.305.